The molecule has 10 heavy (non-hydrogen) atoms. The van der Waals surface area contributed by atoms with Gasteiger partial charge in [0.15, 0.2) is 0 Å². The van der Waals surface area contributed by atoms with Crippen LogP contribution in [0.2, 0.25) is 0 Å². The van der Waals surface area contributed by atoms with Crippen molar-refractivity contribution in [1.82, 2.24) is 4.72 Å². The van der Waals surface area contributed by atoms with Crippen LogP contribution in [0.15, 0.2) is 0 Å². The lowest BCUT2D eigenvalue weighted by atomic mass is 9.98. The van der Waals surface area contributed by atoms with Crippen LogP contribution in [0.5, 0.6) is 0 Å². The fraction of sp³-hybridized carbons (Fsp3) is 1.00. The van der Waals surface area contributed by atoms with Gasteiger partial charge in [-0.2, -0.15) is 8.42 Å². The summed E-state index contributed by atoms with van der Waals surface area (Å²) in [4.78, 5) is 0. The summed E-state index contributed by atoms with van der Waals surface area (Å²) >= 11 is 0. The van der Waals surface area contributed by atoms with Crippen molar-refractivity contribution in [3.05, 3.63) is 0 Å². The van der Waals surface area contributed by atoms with E-state index in [1.807, 2.05) is 20.8 Å². The van der Waals surface area contributed by atoms with Gasteiger partial charge in [0.25, 0.3) is 0 Å². The van der Waals surface area contributed by atoms with Crippen molar-refractivity contribution in [2.24, 2.45) is 5.41 Å². The molecule has 0 rings (SSSR count). The molecule has 0 aliphatic carbocycles. The average molecular weight is 166 g/mol. The normalized spacial score (nSPS) is 13.6. The molecule has 0 fully saturated rings. The molecular formula is C5H12NO3S. The van der Waals surface area contributed by atoms with E-state index >= 15 is 0 Å². The van der Waals surface area contributed by atoms with Gasteiger partial charge < -0.3 is 0 Å². The maximum atomic E-state index is 10.1. The second-order valence-electron chi connectivity index (χ2n) is 3.30. The zero-order valence-corrected chi connectivity index (χ0v) is 7.14. The Morgan fingerprint density at radius 2 is 1.80 bits per heavy atom. The lowest BCUT2D eigenvalue weighted by Crippen LogP contribution is -2.25. The lowest BCUT2D eigenvalue weighted by molar-refractivity contribution is 0.387. The van der Waals surface area contributed by atoms with Gasteiger partial charge >= 0.3 is 10.3 Å². The molecule has 0 bridgehead atoms. The van der Waals surface area contributed by atoms with Gasteiger partial charge in [0.1, 0.15) is 0 Å². The summed E-state index contributed by atoms with van der Waals surface area (Å²) in [5, 5.41) is 0. The van der Waals surface area contributed by atoms with Crippen LogP contribution in [0.1, 0.15) is 20.8 Å². The smallest absolute Gasteiger partial charge is 0.272 e. The van der Waals surface area contributed by atoms with Gasteiger partial charge in [0.05, 0.1) is 0 Å². The SMILES string of the molecule is CC(C)(C)C[N]S(=O)(=O)O. The van der Waals surface area contributed by atoms with Crippen LogP contribution in [0.25, 0.3) is 0 Å². The van der Waals surface area contributed by atoms with Crippen molar-refractivity contribution < 1.29 is 13.0 Å². The van der Waals surface area contributed by atoms with E-state index in [2.05, 4.69) is 4.72 Å². The predicted octanol–water partition coefficient (Wildman–Crippen LogP) is 0.440. The molecule has 0 spiro atoms. The molecule has 0 aliphatic rings. The first-order valence-electron chi connectivity index (χ1n) is 2.87. The molecule has 5 heteroatoms. The Morgan fingerprint density at radius 3 is 1.90 bits per heavy atom. The van der Waals surface area contributed by atoms with Crippen LogP contribution in [-0.2, 0) is 10.3 Å². The van der Waals surface area contributed by atoms with Crippen molar-refractivity contribution in [2.75, 3.05) is 6.54 Å². The second kappa shape index (κ2) is 2.86. The van der Waals surface area contributed by atoms with Crippen molar-refractivity contribution in [3.63, 3.8) is 0 Å². The number of rotatable bonds is 2. The third-order valence-corrected chi connectivity index (χ3v) is 1.16. The molecule has 1 N–H and O–H groups in total. The maximum absolute atomic E-state index is 10.1. The van der Waals surface area contributed by atoms with E-state index in [4.69, 9.17) is 4.55 Å². The van der Waals surface area contributed by atoms with Crippen LogP contribution in [0, 0.1) is 5.41 Å². The van der Waals surface area contributed by atoms with E-state index in [0.29, 0.717) is 0 Å². The van der Waals surface area contributed by atoms with Gasteiger partial charge in [0, 0.05) is 6.54 Å². The van der Waals surface area contributed by atoms with Crippen molar-refractivity contribution in [1.29, 1.82) is 0 Å². The van der Waals surface area contributed by atoms with E-state index in [1.54, 1.807) is 0 Å². The van der Waals surface area contributed by atoms with Gasteiger partial charge in [-0.05, 0) is 5.41 Å². The molecule has 0 amide bonds. The van der Waals surface area contributed by atoms with Crippen molar-refractivity contribution >= 4 is 10.3 Å². The Hall–Kier alpha value is -0.130. The minimum Gasteiger partial charge on any atom is -0.272 e. The summed E-state index contributed by atoms with van der Waals surface area (Å²) in [6, 6.07) is 0. The predicted molar refractivity (Wildman–Crippen MR) is 38.0 cm³/mol. The van der Waals surface area contributed by atoms with Crippen molar-refractivity contribution in [3.8, 4) is 0 Å². The zero-order valence-electron chi connectivity index (χ0n) is 6.33. The van der Waals surface area contributed by atoms with E-state index < -0.39 is 10.3 Å². The molecule has 61 valence electrons. The highest BCUT2D eigenvalue weighted by atomic mass is 32.2. The molecule has 0 saturated carbocycles. The molecule has 0 saturated heterocycles. The third kappa shape index (κ3) is 7.87. The Kier molecular flexibility index (Phi) is 2.82. The van der Waals surface area contributed by atoms with Crippen LogP contribution < -0.4 is 4.72 Å². The van der Waals surface area contributed by atoms with Gasteiger partial charge in [-0.3, -0.25) is 4.55 Å². The van der Waals surface area contributed by atoms with Gasteiger partial charge in [-0.15, -0.1) is 0 Å². The van der Waals surface area contributed by atoms with Gasteiger partial charge in [-0.1, -0.05) is 25.5 Å². The Balaban J connectivity index is 3.79. The number of hydrogen-bond donors (Lipinski definition) is 1. The summed E-state index contributed by atoms with van der Waals surface area (Å²) < 4.78 is 31.4. The Bertz CT molecular complexity index is 189. The van der Waals surface area contributed by atoms with Crippen molar-refractivity contribution in [2.45, 2.75) is 20.8 Å². The highest BCUT2D eigenvalue weighted by molar-refractivity contribution is 7.83. The quantitative estimate of drug-likeness (QED) is 0.605. The summed E-state index contributed by atoms with van der Waals surface area (Å²) in [6.45, 7) is 5.62. The largest absolute Gasteiger partial charge is 0.350 e. The summed E-state index contributed by atoms with van der Waals surface area (Å²) in [7, 11) is -4.13. The highest BCUT2D eigenvalue weighted by Gasteiger charge is 2.14. The van der Waals surface area contributed by atoms with Crippen LogP contribution in [-0.4, -0.2) is 19.5 Å². The number of nitrogens with zero attached hydrogens (tertiary/aromatic N) is 1. The monoisotopic (exact) mass is 166 g/mol. The number of hydrogen-bond acceptors (Lipinski definition) is 2. The van der Waals surface area contributed by atoms with Gasteiger partial charge in [0.2, 0.25) is 0 Å². The molecule has 0 aromatic heterocycles. The Morgan fingerprint density at radius 1 is 1.40 bits per heavy atom. The van der Waals surface area contributed by atoms with E-state index in [-0.39, 0.29) is 12.0 Å². The molecule has 0 aliphatic heterocycles. The topological polar surface area (TPSA) is 68.5 Å². The summed E-state index contributed by atoms with van der Waals surface area (Å²) in [5.74, 6) is 0. The van der Waals surface area contributed by atoms with E-state index in [9.17, 15) is 8.42 Å². The summed E-state index contributed by atoms with van der Waals surface area (Å²) in [6.07, 6.45) is 0. The molecule has 0 atom stereocenters. The van der Waals surface area contributed by atoms with Crippen LogP contribution in [0.4, 0.5) is 0 Å². The van der Waals surface area contributed by atoms with E-state index in [0.717, 1.165) is 0 Å². The minimum atomic E-state index is -4.13. The van der Waals surface area contributed by atoms with Crippen LogP contribution >= 0.6 is 0 Å². The fourth-order valence-corrected chi connectivity index (χ4v) is 0.826. The molecule has 1 radical (unpaired) electrons. The Labute approximate surface area is 61.5 Å². The lowest BCUT2D eigenvalue weighted by Gasteiger charge is -2.15. The first kappa shape index (κ1) is 9.87. The molecule has 0 heterocycles. The molecular weight excluding hydrogens is 154 g/mol. The standard InChI is InChI=1S/C5H12NO3S/c1-5(2,3)4-6-10(7,8)9/h4H2,1-3H3,(H,7,8,9). The van der Waals surface area contributed by atoms with Gasteiger partial charge in [-0.25, -0.2) is 0 Å². The third-order valence-electron chi connectivity index (χ3n) is 0.702. The summed E-state index contributed by atoms with van der Waals surface area (Å²) in [5.41, 5.74) is -0.199. The molecule has 0 aromatic carbocycles. The first-order valence-corrected chi connectivity index (χ1v) is 4.27. The van der Waals surface area contributed by atoms with Crippen LogP contribution in [0.3, 0.4) is 0 Å². The average Bonchev–Trinajstić information content (AvgIpc) is 1.57. The molecule has 4 nitrogen and oxygen atoms in total. The zero-order chi connectivity index (χ0) is 8.41. The maximum Gasteiger partial charge on any atom is 0.350 e. The van der Waals surface area contributed by atoms with E-state index in [1.165, 1.54) is 0 Å². The fourth-order valence-electron chi connectivity index (χ4n) is 0.275. The second-order valence-corrected chi connectivity index (χ2v) is 4.45. The highest BCUT2D eigenvalue weighted by Crippen LogP contribution is 2.11. The molecule has 0 aromatic rings. The minimum absolute atomic E-state index is 0.117. The first-order chi connectivity index (χ1) is 4.21. The molecule has 0 unspecified atom stereocenters.